The zero-order valence-electron chi connectivity index (χ0n) is 11.4. The quantitative estimate of drug-likeness (QED) is 0.662. The van der Waals surface area contributed by atoms with Crippen LogP contribution in [0.25, 0.3) is 0 Å². The van der Waals surface area contributed by atoms with Gasteiger partial charge in [-0.25, -0.2) is 4.98 Å². The molecule has 1 aliphatic rings. The molecule has 0 aliphatic carbocycles. The van der Waals surface area contributed by atoms with Crippen LogP contribution in [0.5, 0.6) is 0 Å². The van der Waals surface area contributed by atoms with Gasteiger partial charge in [0.1, 0.15) is 5.82 Å². The molecule has 2 rings (SSSR count). The van der Waals surface area contributed by atoms with E-state index in [9.17, 15) is 10.1 Å². The molecule has 6 heteroatoms. The first kappa shape index (κ1) is 13.7. The van der Waals surface area contributed by atoms with Crippen LogP contribution in [0.1, 0.15) is 18.4 Å². The van der Waals surface area contributed by atoms with Crippen molar-refractivity contribution in [2.75, 3.05) is 31.6 Å². The van der Waals surface area contributed by atoms with E-state index in [2.05, 4.69) is 15.2 Å². The average molecular weight is 264 g/mol. The van der Waals surface area contributed by atoms with E-state index in [-0.39, 0.29) is 10.6 Å². The number of aryl methyl sites for hydroxylation is 1. The van der Waals surface area contributed by atoms with Gasteiger partial charge in [0.15, 0.2) is 0 Å². The first-order chi connectivity index (χ1) is 9.11. The van der Waals surface area contributed by atoms with E-state index in [1.54, 1.807) is 19.2 Å². The van der Waals surface area contributed by atoms with Crippen molar-refractivity contribution in [2.24, 2.45) is 5.92 Å². The Morgan fingerprint density at radius 3 is 3.11 bits per heavy atom. The molecule has 6 nitrogen and oxygen atoms in total. The van der Waals surface area contributed by atoms with Gasteiger partial charge in [-0.1, -0.05) is 0 Å². The summed E-state index contributed by atoms with van der Waals surface area (Å²) < 4.78 is 0. The molecule has 1 fully saturated rings. The lowest BCUT2D eigenvalue weighted by molar-refractivity contribution is -0.385. The number of pyridine rings is 1. The maximum Gasteiger partial charge on any atom is 0.277 e. The van der Waals surface area contributed by atoms with Gasteiger partial charge < -0.3 is 10.2 Å². The number of aromatic nitrogens is 1. The van der Waals surface area contributed by atoms with Gasteiger partial charge in [-0.15, -0.1) is 0 Å². The molecule has 1 aromatic heterocycles. The number of nitro groups is 1. The van der Waals surface area contributed by atoms with Gasteiger partial charge in [-0.05, 0) is 39.3 Å². The Morgan fingerprint density at radius 1 is 1.63 bits per heavy atom. The Labute approximate surface area is 113 Å². The molecule has 0 aromatic carbocycles. The first-order valence-electron chi connectivity index (χ1n) is 6.62. The van der Waals surface area contributed by atoms with E-state index < -0.39 is 0 Å². The number of hydrogen-bond donors (Lipinski definition) is 1. The molecule has 0 spiro atoms. The first-order valence-corrected chi connectivity index (χ1v) is 6.62. The second-order valence-electron chi connectivity index (χ2n) is 5.10. The minimum atomic E-state index is -0.338. The number of hydrogen-bond acceptors (Lipinski definition) is 5. The van der Waals surface area contributed by atoms with E-state index in [0.717, 1.165) is 31.9 Å². The van der Waals surface area contributed by atoms with Gasteiger partial charge in [0.25, 0.3) is 5.69 Å². The molecular weight excluding hydrogens is 244 g/mol. The van der Waals surface area contributed by atoms with Gasteiger partial charge >= 0.3 is 0 Å². The minimum absolute atomic E-state index is 0.153. The summed E-state index contributed by atoms with van der Waals surface area (Å²) >= 11 is 0. The highest BCUT2D eigenvalue weighted by atomic mass is 16.6. The number of anilines is 1. The summed E-state index contributed by atoms with van der Waals surface area (Å²) in [6, 6.07) is 1.59. The van der Waals surface area contributed by atoms with Gasteiger partial charge in [0.2, 0.25) is 0 Å². The van der Waals surface area contributed by atoms with Crippen LogP contribution in [-0.4, -0.2) is 36.6 Å². The highest BCUT2D eigenvalue weighted by Crippen LogP contribution is 2.26. The van der Waals surface area contributed by atoms with Gasteiger partial charge in [-0.3, -0.25) is 10.1 Å². The average Bonchev–Trinajstić information content (AvgIpc) is 2.39. The van der Waals surface area contributed by atoms with Crippen molar-refractivity contribution < 1.29 is 4.92 Å². The van der Waals surface area contributed by atoms with E-state index in [4.69, 9.17) is 0 Å². The molecule has 1 saturated heterocycles. The molecule has 1 unspecified atom stereocenters. The standard InChI is InChI=1S/C13H20N4O2/c1-10-7-15-13(6-12(10)17(18)19)16-5-3-4-11(9-16)8-14-2/h6-7,11,14H,3-5,8-9H2,1-2H3. The molecule has 0 radical (unpaired) electrons. The second-order valence-corrected chi connectivity index (χ2v) is 5.10. The molecule has 1 N–H and O–H groups in total. The lowest BCUT2D eigenvalue weighted by Gasteiger charge is -2.33. The lowest BCUT2D eigenvalue weighted by Crippen LogP contribution is -2.39. The molecule has 0 amide bonds. The number of piperidine rings is 1. The van der Waals surface area contributed by atoms with Crippen molar-refractivity contribution >= 4 is 11.5 Å². The fourth-order valence-electron chi connectivity index (χ4n) is 2.60. The molecule has 0 bridgehead atoms. The largest absolute Gasteiger partial charge is 0.356 e. The van der Waals surface area contributed by atoms with Crippen molar-refractivity contribution in [1.82, 2.24) is 10.3 Å². The molecule has 19 heavy (non-hydrogen) atoms. The van der Waals surface area contributed by atoms with Crippen LogP contribution in [0.3, 0.4) is 0 Å². The fraction of sp³-hybridized carbons (Fsp3) is 0.615. The predicted molar refractivity (Wildman–Crippen MR) is 74.5 cm³/mol. The number of nitrogens with zero attached hydrogens (tertiary/aromatic N) is 3. The molecule has 2 heterocycles. The second kappa shape index (κ2) is 5.97. The lowest BCUT2D eigenvalue weighted by atomic mass is 9.98. The molecule has 104 valence electrons. The third-order valence-electron chi connectivity index (χ3n) is 3.59. The Hall–Kier alpha value is -1.69. The molecule has 1 aromatic rings. The Kier molecular flexibility index (Phi) is 4.31. The Morgan fingerprint density at radius 2 is 2.42 bits per heavy atom. The highest BCUT2D eigenvalue weighted by Gasteiger charge is 2.22. The predicted octanol–water partition coefficient (Wildman–Crippen LogP) is 1.73. The maximum absolute atomic E-state index is 11.0. The molecular formula is C13H20N4O2. The zero-order valence-corrected chi connectivity index (χ0v) is 11.4. The maximum atomic E-state index is 11.0. The number of rotatable bonds is 4. The van der Waals surface area contributed by atoms with Gasteiger partial charge in [-0.2, -0.15) is 0 Å². The Bertz CT molecular complexity index is 462. The summed E-state index contributed by atoms with van der Waals surface area (Å²) in [5, 5.41) is 14.2. The summed E-state index contributed by atoms with van der Waals surface area (Å²) in [6.07, 6.45) is 3.90. The van der Waals surface area contributed by atoms with E-state index in [1.165, 1.54) is 6.42 Å². The summed E-state index contributed by atoms with van der Waals surface area (Å²) in [7, 11) is 1.95. The van der Waals surface area contributed by atoms with Crippen LogP contribution in [0, 0.1) is 23.0 Å². The third-order valence-corrected chi connectivity index (χ3v) is 3.59. The minimum Gasteiger partial charge on any atom is -0.356 e. The summed E-state index contributed by atoms with van der Waals surface area (Å²) in [4.78, 5) is 17.1. The van der Waals surface area contributed by atoms with Crippen molar-refractivity contribution in [3.8, 4) is 0 Å². The van der Waals surface area contributed by atoms with E-state index in [1.807, 2.05) is 7.05 Å². The van der Waals surface area contributed by atoms with E-state index >= 15 is 0 Å². The zero-order chi connectivity index (χ0) is 13.8. The van der Waals surface area contributed by atoms with Crippen LogP contribution in [0.15, 0.2) is 12.3 Å². The molecule has 1 aliphatic heterocycles. The third kappa shape index (κ3) is 3.20. The van der Waals surface area contributed by atoms with Crippen LogP contribution < -0.4 is 10.2 Å². The Balaban J connectivity index is 2.17. The van der Waals surface area contributed by atoms with Crippen LogP contribution in [0.4, 0.5) is 11.5 Å². The van der Waals surface area contributed by atoms with Crippen LogP contribution >= 0.6 is 0 Å². The smallest absolute Gasteiger partial charge is 0.277 e. The van der Waals surface area contributed by atoms with Gasteiger partial charge in [0.05, 0.1) is 11.0 Å². The van der Waals surface area contributed by atoms with Gasteiger partial charge in [0, 0.05) is 24.8 Å². The molecule has 0 saturated carbocycles. The van der Waals surface area contributed by atoms with Crippen molar-refractivity contribution in [2.45, 2.75) is 19.8 Å². The summed E-state index contributed by atoms with van der Waals surface area (Å²) in [5.74, 6) is 1.30. The van der Waals surface area contributed by atoms with Crippen molar-refractivity contribution in [3.63, 3.8) is 0 Å². The van der Waals surface area contributed by atoms with Crippen molar-refractivity contribution in [3.05, 3.63) is 27.9 Å². The fourth-order valence-corrected chi connectivity index (χ4v) is 2.60. The highest BCUT2D eigenvalue weighted by molar-refractivity contribution is 5.50. The molecule has 1 atom stereocenters. The topological polar surface area (TPSA) is 71.3 Å². The SMILES string of the molecule is CNCC1CCCN(c2cc([N+](=O)[O-])c(C)cn2)C1. The summed E-state index contributed by atoms with van der Waals surface area (Å²) in [6.45, 7) is 4.53. The summed E-state index contributed by atoms with van der Waals surface area (Å²) in [5.41, 5.74) is 0.762. The van der Waals surface area contributed by atoms with Crippen LogP contribution in [-0.2, 0) is 0 Å². The normalized spacial score (nSPS) is 19.5. The van der Waals surface area contributed by atoms with Crippen molar-refractivity contribution in [1.29, 1.82) is 0 Å². The number of nitrogens with one attached hydrogen (secondary N) is 1. The van der Waals surface area contributed by atoms with Crippen LogP contribution in [0.2, 0.25) is 0 Å². The van der Waals surface area contributed by atoms with E-state index in [0.29, 0.717) is 11.5 Å². The monoisotopic (exact) mass is 264 g/mol.